The first kappa shape index (κ1) is 12.0. The molecule has 0 unspecified atom stereocenters. The number of terminal acetylenes is 1. The van der Waals surface area contributed by atoms with Crippen molar-refractivity contribution in [1.82, 2.24) is 9.97 Å². The van der Waals surface area contributed by atoms with Crippen LogP contribution in [0.5, 0.6) is 0 Å². The Balaban J connectivity index is 3.10. The van der Waals surface area contributed by atoms with Crippen LogP contribution in [0.4, 0.5) is 5.69 Å². The third-order valence-electron chi connectivity index (χ3n) is 1.91. The first-order chi connectivity index (χ1) is 7.56. The van der Waals surface area contributed by atoms with Gasteiger partial charge in [-0.3, -0.25) is 0 Å². The molecular weight excluding hydrogens is 206 g/mol. The van der Waals surface area contributed by atoms with Crippen LogP contribution in [-0.2, 0) is 0 Å². The molecular formula is C11H13N3O2. The predicted molar refractivity (Wildman–Crippen MR) is 60.4 cm³/mol. The first-order valence-corrected chi connectivity index (χ1v) is 4.83. The molecule has 1 aromatic rings. The van der Waals surface area contributed by atoms with Gasteiger partial charge in [-0.1, -0.05) is 19.8 Å². The molecule has 16 heavy (non-hydrogen) atoms. The van der Waals surface area contributed by atoms with Crippen LogP contribution in [0.25, 0.3) is 0 Å². The van der Waals surface area contributed by atoms with Crippen molar-refractivity contribution >= 4 is 11.7 Å². The van der Waals surface area contributed by atoms with Gasteiger partial charge in [0.2, 0.25) is 0 Å². The molecule has 2 N–H and O–H groups in total. The highest BCUT2D eigenvalue weighted by Gasteiger charge is 2.14. The van der Waals surface area contributed by atoms with Crippen molar-refractivity contribution in [2.75, 3.05) is 11.9 Å². The lowest BCUT2D eigenvalue weighted by molar-refractivity contribution is 0.0691. The van der Waals surface area contributed by atoms with Gasteiger partial charge in [-0.05, 0) is 0 Å². The van der Waals surface area contributed by atoms with Gasteiger partial charge in [-0.25, -0.2) is 14.8 Å². The molecule has 0 atom stereocenters. The van der Waals surface area contributed by atoms with Gasteiger partial charge < -0.3 is 10.4 Å². The van der Waals surface area contributed by atoms with E-state index in [0.29, 0.717) is 11.5 Å². The van der Waals surface area contributed by atoms with Crippen LogP contribution >= 0.6 is 0 Å². The molecule has 0 saturated carbocycles. The molecule has 1 heterocycles. The number of rotatable bonds is 4. The van der Waals surface area contributed by atoms with E-state index in [-0.39, 0.29) is 18.2 Å². The van der Waals surface area contributed by atoms with Gasteiger partial charge in [0.1, 0.15) is 5.82 Å². The number of aromatic nitrogens is 2. The normalized spacial score (nSPS) is 9.88. The second-order valence-corrected chi connectivity index (χ2v) is 3.51. The highest BCUT2D eigenvalue weighted by atomic mass is 16.4. The van der Waals surface area contributed by atoms with E-state index in [0.717, 1.165) is 0 Å². The maximum Gasteiger partial charge on any atom is 0.356 e. The topological polar surface area (TPSA) is 75.1 Å². The zero-order valence-corrected chi connectivity index (χ0v) is 9.19. The summed E-state index contributed by atoms with van der Waals surface area (Å²) in [7, 11) is 0. The number of hydrogen-bond donors (Lipinski definition) is 2. The second kappa shape index (κ2) is 5.12. The van der Waals surface area contributed by atoms with Crippen molar-refractivity contribution in [3.05, 3.63) is 17.7 Å². The third-order valence-corrected chi connectivity index (χ3v) is 1.91. The molecule has 0 aliphatic heterocycles. The number of nitrogens with zero attached hydrogens (tertiary/aromatic N) is 2. The SMILES string of the molecule is C#CCNc1cnc(C(C)C)nc1C(=O)O. The Bertz CT molecular complexity index is 435. The highest BCUT2D eigenvalue weighted by Crippen LogP contribution is 2.15. The second-order valence-electron chi connectivity index (χ2n) is 3.51. The van der Waals surface area contributed by atoms with E-state index < -0.39 is 5.97 Å². The molecule has 0 bridgehead atoms. The molecule has 0 saturated heterocycles. The Morgan fingerprint density at radius 3 is 2.88 bits per heavy atom. The van der Waals surface area contributed by atoms with E-state index in [2.05, 4.69) is 21.2 Å². The third kappa shape index (κ3) is 2.70. The lowest BCUT2D eigenvalue weighted by Gasteiger charge is -2.09. The fourth-order valence-electron chi connectivity index (χ4n) is 1.11. The molecule has 5 nitrogen and oxygen atoms in total. The van der Waals surface area contributed by atoms with Gasteiger partial charge in [-0.15, -0.1) is 6.42 Å². The minimum atomic E-state index is -1.09. The summed E-state index contributed by atoms with van der Waals surface area (Å²) in [5, 5.41) is 11.8. The highest BCUT2D eigenvalue weighted by molar-refractivity contribution is 5.91. The Labute approximate surface area is 93.9 Å². The quantitative estimate of drug-likeness (QED) is 0.747. The maximum atomic E-state index is 11.0. The van der Waals surface area contributed by atoms with Gasteiger partial charge >= 0.3 is 5.97 Å². The van der Waals surface area contributed by atoms with Crippen molar-refractivity contribution in [1.29, 1.82) is 0 Å². The van der Waals surface area contributed by atoms with E-state index in [4.69, 9.17) is 11.5 Å². The Hall–Kier alpha value is -2.09. The molecule has 5 heteroatoms. The fourth-order valence-corrected chi connectivity index (χ4v) is 1.11. The van der Waals surface area contributed by atoms with E-state index >= 15 is 0 Å². The molecule has 0 aromatic carbocycles. The Morgan fingerprint density at radius 2 is 2.38 bits per heavy atom. The summed E-state index contributed by atoms with van der Waals surface area (Å²) in [4.78, 5) is 19.0. The summed E-state index contributed by atoms with van der Waals surface area (Å²) in [5.74, 6) is 1.85. The van der Waals surface area contributed by atoms with Gasteiger partial charge in [-0.2, -0.15) is 0 Å². The number of carbonyl (C=O) groups is 1. The summed E-state index contributed by atoms with van der Waals surface area (Å²) < 4.78 is 0. The van der Waals surface area contributed by atoms with E-state index in [9.17, 15) is 4.79 Å². The molecule has 0 amide bonds. The summed E-state index contributed by atoms with van der Waals surface area (Å²) in [6.07, 6.45) is 6.53. The predicted octanol–water partition coefficient (Wildman–Crippen LogP) is 1.34. The number of carboxylic acid groups (broad SMARTS) is 1. The molecule has 84 valence electrons. The molecule has 1 rings (SSSR count). The average molecular weight is 219 g/mol. The van der Waals surface area contributed by atoms with Crippen LogP contribution < -0.4 is 5.32 Å². The largest absolute Gasteiger partial charge is 0.476 e. The lowest BCUT2D eigenvalue weighted by atomic mass is 10.2. The first-order valence-electron chi connectivity index (χ1n) is 4.83. The summed E-state index contributed by atoms with van der Waals surface area (Å²) in [6, 6.07) is 0. The lowest BCUT2D eigenvalue weighted by Crippen LogP contribution is -2.12. The van der Waals surface area contributed by atoms with Crippen LogP contribution in [0.15, 0.2) is 6.20 Å². The molecule has 0 radical (unpaired) electrons. The Morgan fingerprint density at radius 1 is 1.69 bits per heavy atom. The van der Waals surface area contributed by atoms with Crippen molar-refractivity contribution in [2.24, 2.45) is 0 Å². The zero-order chi connectivity index (χ0) is 12.1. The van der Waals surface area contributed by atoms with Crippen molar-refractivity contribution in [3.8, 4) is 12.3 Å². The molecule has 0 spiro atoms. The van der Waals surface area contributed by atoms with Crippen LogP contribution in [0.3, 0.4) is 0 Å². The number of hydrogen-bond acceptors (Lipinski definition) is 4. The Kier molecular flexibility index (Phi) is 3.84. The number of nitrogens with one attached hydrogen (secondary N) is 1. The van der Waals surface area contributed by atoms with Crippen molar-refractivity contribution in [2.45, 2.75) is 19.8 Å². The number of carboxylic acids is 1. The fraction of sp³-hybridized carbons (Fsp3) is 0.364. The minimum Gasteiger partial charge on any atom is -0.476 e. The van der Waals surface area contributed by atoms with Gasteiger partial charge in [0.05, 0.1) is 18.4 Å². The van der Waals surface area contributed by atoms with Crippen molar-refractivity contribution in [3.63, 3.8) is 0 Å². The zero-order valence-electron chi connectivity index (χ0n) is 9.19. The minimum absolute atomic E-state index is 0.0473. The maximum absolute atomic E-state index is 11.0. The molecule has 1 aromatic heterocycles. The van der Waals surface area contributed by atoms with Crippen LogP contribution in [-0.4, -0.2) is 27.6 Å². The van der Waals surface area contributed by atoms with E-state index in [1.807, 2.05) is 13.8 Å². The smallest absolute Gasteiger partial charge is 0.356 e. The number of anilines is 1. The monoisotopic (exact) mass is 219 g/mol. The molecule has 0 aliphatic carbocycles. The van der Waals surface area contributed by atoms with Gasteiger partial charge in [0.15, 0.2) is 5.69 Å². The van der Waals surface area contributed by atoms with Gasteiger partial charge in [0, 0.05) is 5.92 Å². The van der Waals surface area contributed by atoms with Crippen LogP contribution in [0.2, 0.25) is 0 Å². The van der Waals surface area contributed by atoms with Crippen molar-refractivity contribution < 1.29 is 9.90 Å². The average Bonchev–Trinajstić information content (AvgIpc) is 2.25. The molecule has 0 aliphatic rings. The van der Waals surface area contributed by atoms with Crippen LogP contribution in [0, 0.1) is 12.3 Å². The van der Waals surface area contributed by atoms with E-state index in [1.165, 1.54) is 6.20 Å². The van der Waals surface area contributed by atoms with E-state index in [1.54, 1.807) is 0 Å². The summed E-state index contributed by atoms with van der Waals surface area (Å²) in [6.45, 7) is 4.04. The van der Waals surface area contributed by atoms with Crippen LogP contribution in [0.1, 0.15) is 36.1 Å². The standard InChI is InChI=1S/C11H13N3O2/c1-4-5-12-8-6-13-10(7(2)3)14-9(8)11(15)16/h1,6-7,12H,5H2,2-3H3,(H,15,16). The number of aromatic carboxylic acids is 1. The molecule has 0 fully saturated rings. The van der Waals surface area contributed by atoms with Gasteiger partial charge in [0.25, 0.3) is 0 Å². The summed E-state index contributed by atoms with van der Waals surface area (Å²) in [5.41, 5.74) is 0.295. The summed E-state index contributed by atoms with van der Waals surface area (Å²) >= 11 is 0.